The van der Waals surface area contributed by atoms with Gasteiger partial charge in [-0.1, -0.05) is 13.3 Å². The first kappa shape index (κ1) is 21.3. The van der Waals surface area contributed by atoms with Gasteiger partial charge in [0.25, 0.3) is 0 Å². The fraction of sp³-hybridized carbons (Fsp3) is 0.722. The van der Waals surface area contributed by atoms with Gasteiger partial charge in [-0.3, -0.25) is 9.89 Å². The summed E-state index contributed by atoms with van der Waals surface area (Å²) >= 11 is 0. The van der Waals surface area contributed by atoms with Crippen molar-refractivity contribution < 1.29 is 4.42 Å². The van der Waals surface area contributed by atoms with Crippen LogP contribution in [0.15, 0.2) is 15.5 Å². The smallest absolute Gasteiger partial charge is 0.191 e. The fourth-order valence-corrected chi connectivity index (χ4v) is 3.39. The van der Waals surface area contributed by atoms with Gasteiger partial charge in [-0.2, -0.15) is 0 Å². The second-order valence-corrected chi connectivity index (χ2v) is 6.38. The first-order valence-electron chi connectivity index (χ1n) is 8.88. The number of rotatable bonds is 6. The first-order chi connectivity index (χ1) is 11.1. The lowest BCUT2D eigenvalue weighted by molar-refractivity contribution is 0.147. The molecule has 24 heavy (non-hydrogen) atoms. The van der Waals surface area contributed by atoms with E-state index in [4.69, 9.17) is 4.42 Å². The summed E-state index contributed by atoms with van der Waals surface area (Å²) in [7, 11) is 1.82. The number of nitrogens with zero attached hydrogens (tertiary/aromatic N) is 2. The topological polar surface area (TPSA) is 52.8 Å². The van der Waals surface area contributed by atoms with Crippen molar-refractivity contribution in [2.75, 3.05) is 26.7 Å². The molecule has 0 radical (unpaired) electrons. The van der Waals surface area contributed by atoms with Crippen LogP contribution in [0, 0.1) is 13.8 Å². The van der Waals surface area contributed by atoms with Gasteiger partial charge in [-0.05, 0) is 45.7 Å². The molecule has 1 unspecified atom stereocenters. The van der Waals surface area contributed by atoms with Crippen LogP contribution in [0.5, 0.6) is 0 Å². The van der Waals surface area contributed by atoms with Crippen LogP contribution < -0.4 is 10.6 Å². The molecule has 2 heterocycles. The number of nitrogens with one attached hydrogen (secondary N) is 2. The van der Waals surface area contributed by atoms with Crippen LogP contribution in [0.4, 0.5) is 0 Å². The van der Waals surface area contributed by atoms with Gasteiger partial charge >= 0.3 is 0 Å². The van der Waals surface area contributed by atoms with Gasteiger partial charge in [-0.25, -0.2) is 0 Å². The minimum atomic E-state index is 0. The molecule has 2 N–H and O–H groups in total. The van der Waals surface area contributed by atoms with Gasteiger partial charge in [0, 0.05) is 38.3 Å². The van der Waals surface area contributed by atoms with Crippen molar-refractivity contribution in [3.63, 3.8) is 0 Å². The monoisotopic (exact) mass is 448 g/mol. The van der Waals surface area contributed by atoms with E-state index in [9.17, 15) is 0 Å². The fourth-order valence-electron chi connectivity index (χ4n) is 3.39. The third kappa shape index (κ3) is 6.27. The molecule has 1 aromatic heterocycles. The van der Waals surface area contributed by atoms with E-state index in [-0.39, 0.29) is 24.0 Å². The molecule has 0 spiro atoms. The predicted octanol–water partition coefficient (Wildman–Crippen LogP) is 3.44. The number of likely N-dealkylation sites (tertiary alicyclic amines) is 1. The van der Waals surface area contributed by atoms with E-state index >= 15 is 0 Å². The third-order valence-electron chi connectivity index (χ3n) is 4.73. The van der Waals surface area contributed by atoms with Crippen LogP contribution in [0.1, 0.15) is 49.7 Å². The number of halogens is 1. The Bertz CT molecular complexity index is 515. The minimum absolute atomic E-state index is 0. The van der Waals surface area contributed by atoms with E-state index in [1.165, 1.54) is 37.8 Å². The largest absolute Gasteiger partial charge is 0.466 e. The first-order valence-corrected chi connectivity index (χ1v) is 8.88. The van der Waals surface area contributed by atoms with Crippen molar-refractivity contribution >= 4 is 29.9 Å². The van der Waals surface area contributed by atoms with Crippen LogP contribution in [-0.4, -0.2) is 43.6 Å². The second-order valence-electron chi connectivity index (χ2n) is 6.38. The molecule has 1 saturated heterocycles. The predicted molar refractivity (Wildman–Crippen MR) is 111 cm³/mol. The van der Waals surface area contributed by atoms with Gasteiger partial charge in [-0.15, -0.1) is 24.0 Å². The molecule has 138 valence electrons. The molecule has 1 atom stereocenters. The molecular weight excluding hydrogens is 415 g/mol. The maximum Gasteiger partial charge on any atom is 0.191 e. The standard InChI is InChI=1S/C18H32N4O.HI/c1-5-17-8-6-7-10-22(17)11-9-20-18(19-4)21-13-16-12-14(2)23-15(16)3;/h12,17H,5-11,13H2,1-4H3,(H2,19,20,21);1H. The zero-order valence-corrected chi connectivity index (χ0v) is 17.9. The Morgan fingerprint density at radius 2 is 2.12 bits per heavy atom. The van der Waals surface area contributed by atoms with E-state index in [2.05, 4.69) is 33.5 Å². The number of hydrogen-bond donors (Lipinski definition) is 2. The average Bonchev–Trinajstić information content (AvgIpc) is 2.88. The van der Waals surface area contributed by atoms with Crippen LogP contribution in [-0.2, 0) is 6.54 Å². The van der Waals surface area contributed by atoms with E-state index in [1.807, 2.05) is 20.9 Å². The summed E-state index contributed by atoms with van der Waals surface area (Å²) in [6.07, 6.45) is 5.33. The van der Waals surface area contributed by atoms with E-state index < -0.39 is 0 Å². The zero-order valence-electron chi connectivity index (χ0n) is 15.5. The maximum absolute atomic E-state index is 5.56. The molecule has 6 heteroatoms. The Balaban J connectivity index is 0.00000288. The number of hydrogen-bond acceptors (Lipinski definition) is 3. The Kier molecular flexibility index (Phi) is 9.73. The molecule has 0 bridgehead atoms. The molecule has 0 aromatic carbocycles. The van der Waals surface area contributed by atoms with Gasteiger partial charge in [0.1, 0.15) is 11.5 Å². The minimum Gasteiger partial charge on any atom is -0.466 e. The molecule has 5 nitrogen and oxygen atoms in total. The number of aryl methyl sites for hydroxylation is 2. The summed E-state index contributed by atoms with van der Waals surface area (Å²) in [6.45, 7) is 10.3. The molecule has 2 rings (SSSR count). The van der Waals surface area contributed by atoms with Crippen molar-refractivity contribution in [3.05, 3.63) is 23.2 Å². The van der Waals surface area contributed by atoms with E-state index in [1.54, 1.807) is 0 Å². The molecule has 0 aliphatic carbocycles. The molecule has 1 aliphatic rings. The lowest BCUT2D eigenvalue weighted by Gasteiger charge is -2.35. The van der Waals surface area contributed by atoms with Crippen LogP contribution >= 0.6 is 24.0 Å². The second kappa shape index (κ2) is 11.0. The molecular formula is C18H33IN4O. The highest BCUT2D eigenvalue weighted by molar-refractivity contribution is 14.0. The van der Waals surface area contributed by atoms with E-state index in [0.29, 0.717) is 0 Å². The lowest BCUT2D eigenvalue weighted by atomic mass is 10.0. The average molecular weight is 448 g/mol. The Morgan fingerprint density at radius 3 is 2.75 bits per heavy atom. The molecule has 1 aliphatic heterocycles. The molecule has 0 amide bonds. The molecule has 0 saturated carbocycles. The summed E-state index contributed by atoms with van der Waals surface area (Å²) in [4.78, 5) is 6.93. The van der Waals surface area contributed by atoms with Crippen molar-refractivity contribution in [3.8, 4) is 0 Å². The maximum atomic E-state index is 5.56. The van der Waals surface area contributed by atoms with Crippen molar-refractivity contribution in [1.82, 2.24) is 15.5 Å². The van der Waals surface area contributed by atoms with Crippen molar-refractivity contribution in [1.29, 1.82) is 0 Å². The summed E-state index contributed by atoms with van der Waals surface area (Å²) in [5.41, 5.74) is 1.19. The highest BCUT2D eigenvalue weighted by atomic mass is 127. The third-order valence-corrected chi connectivity index (χ3v) is 4.73. The summed E-state index contributed by atoms with van der Waals surface area (Å²) < 4.78 is 5.56. The van der Waals surface area contributed by atoms with E-state index in [0.717, 1.165) is 43.2 Å². The quantitative estimate of drug-likeness (QED) is 0.398. The Morgan fingerprint density at radius 1 is 1.33 bits per heavy atom. The number of piperidine rings is 1. The Hall–Kier alpha value is -0.760. The number of guanidine groups is 1. The Labute approximate surface area is 163 Å². The summed E-state index contributed by atoms with van der Waals surface area (Å²) in [5, 5.41) is 6.79. The van der Waals surface area contributed by atoms with Gasteiger partial charge in [0.2, 0.25) is 0 Å². The normalized spacial score (nSPS) is 19.0. The summed E-state index contributed by atoms with van der Waals surface area (Å²) in [6, 6.07) is 2.84. The number of furan rings is 1. The van der Waals surface area contributed by atoms with Crippen LogP contribution in [0.25, 0.3) is 0 Å². The highest BCUT2D eigenvalue weighted by Gasteiger charge is 2.19. The van der Waals surface area contributed by atoms with Gasteiger partial charge in [0.05, 0.1) is 0 Å². The molecule has 1 fully saturated rings. The van der Waals surface area contributed by atoms with Crippen LogP contribution in [0.3, 0.4) is 0 Å². The summed E-state index contributed by atoms with van der Waals surface area (Å²) in [5.74, 6) is 2.79. The lowest BCUT2D eigenvalue weighted by Crippen LogP contribution is -2.45. The van der Waals surface area contributed by atoms with Gasteiger partial charge in [0.15, 0.2) is 5.96 Å². The SMILES string of the molecule is CCC1CCCCN1CCNC(=NC)NCc1cc(C)oc1C.I. The highest BCUT2D eigenvalue weighted by Crippen LogP contribution is 2.18. The number of aliphatic imine (C=N–C) groups is 1. The molecule has 1 aromatic rings. The van der Waals surface area contributed by atoms with Gasteiger partial charge < -0.3 is 15.1 Å². The van der Waals surface area contributed by atoms with Crippen molar-refractivity contribution in [2.24, 2.45) is 4.99 Å². The zero-order chi connectivity index (χ0) is 16.7. The van der Waals surface area contributed by atoms with Crippen LogP contribution in [0.2, 0.25) is 0 Å². The van der Waals surface area contributed by atoms with Crippen molar-refractivity contribution in [2.45, 2.75) is 59.0 Å².